The maximum atomic E-state index is 12.5. The van der Waals surface area contributed by atoms with Crippen LogP contribution < -0.4 is 20.3 Å². The second kappa shape index (κ2) is 10.8. The number of amides is 1. The van der Waals surface area contributed by atoms with Crippen LogP contribution in [0.4, 0.5) is 11.6 Å². The Hall–Kier alpha value is -2.83. The van der Waals surface area contributed by atoms with Crippen LogP contribution >= 0.6 is 0 Å². The molecule has 2 heterocycles. The van der Waals surface area contributed by atoms with E-state index in [9.17, 15) is 4.79 Å². The first-order valence-electron chi connectivity index (χ1n) is 10.8. The normalized spacial score (nSPS) is 17.3. The summed E-state index contributed by atoms with van der Waals surface area (Å²) in [6, 6.07) is 9.82. The summed E-state index contributed by atoms with van der Waals surface area (Å²) in [7, 11) is 1.65. The molecule has 0 saturated carbocycles. The Labute approximate surface area is 179 Å². The molecule has 1 saturated heterocycles. The number of methoxy groups -OCH3 is 1. The van der Waals surface area contributed by atoms with Crippen LogP contribution in [0.2, 0.25) is 0 Å². The summed E-state index contributed by atoms with van der Waals surface area (Å²) in [6.45, 7) is 6.84. The molecule has 0 spiro atoms. The quantitative estimate of drug-likeness (QED) is 0.654. The number of anilines is 2. The minimum Gasteiger partial charge on any atom is -0.497 e. The molecule has 0 unspecified atom stereocenters. The minimum atomic E-state index is -0.0169. The fourth-order valence-corrected chi connectivity index (χ4v) is 3.93. The van der Waals surface area contributed by atoms with Gasteiger partial charge in [-0.15, -0.1) is 0 Å². The van der Waals surface area contributed by atoms with Gasteiger partial charge in [0.05, 0.1) is 13.2 Å². The van der Waals surface area contributed by atoms with Gasteiger partial charge in [-0.05, 0) is 56.7 Å². The van der Waals surface area contributed by atoms with Gasteiger partial charge < -0.3 is 20.3 Å². The SMILES string of the molecule is CCNc1cc(N2CCC[C@@H](CCC(=O)N[C@H](C)c3ccc(OC)cc3)C2)ncn1. The summed E-state index contributed by atoms with van der Waals surface area (Å²) in [5, 5.41) is 6.35. The summed E-state index contributed by atoms with van der Waals surface area (Å²) >= 11 is 0. The van der Waals surface area contributed by atoms with Crippen molar-refractivity contribution in [3.05, 3.63) is 42.2 Å². The molecule has 1 aliphatic heterocycles. The van der Waals surface area contributed by atoms with Gasteiger partial charge in [-0.3, -0.25) is 4.79 Å². The van der Waals surface area contributed by atoms with Crippen molar-refractivity contribution in [1.29, 1.82) is 0 Å². The molecule has 1 fully saturated rings. The molecule has 2 aromatic rings. The predicted molar refractivity (Wildman–Crippen MR) is 120 cm³/mol. The molecule has 30 heavy (non-hydrogen) atoms. The number of carbonyl (C=O) groups is 1. The van der Waals surface area contributed by atoms with E-state index < -0.39 is 0 Å². The lowest BCUT2D eigenvalue weighted by molar-refractivity contribution is -0.122. The number of hydrogen-bond acceptors (Lipinski definition) is 6. The van der Waals surface area contributed by atoms with Gasteiger partial charge in [-0.25, -0.2) is 9.97 Å². The van der Waals surface area contributed by atoms with Crippen LogP contribution in [0.25, 0.3) is 0 Å². The Morgan fingerprint density at radius 1 is 1.30 bits per heavy atom. The highest BCUT2D eigenvalue weighted by Crippen LogP contribution is 2.26. The topological polar surface area (TPSA) is 79.4 Å². The van der Waals surface area contributed by atoms with Gasteiger partial charge >= 0.3 is 0 Å². The molecule has 3 rings (SSSR count). The predicted octanol–water partition coefficient (Wildman–Crippen LogP) is 3.79. The first-order chi connectivity index (χ1) is 14.6. The smallest absolute Gasteiger partial charge is 0.220 e. The molecule has 1 aromatic heterocycles. The van der Waals surface area contributed by atoms with Crippen molar-refractivity contribution in [3.63, 3.8) is 0 Å². The molecule has 1 aliphatic rings. The third kappa shape index (κ3) is 6.08. The molecule has 2 atom stereocenters. The number of carbonyl (C=O) groups excluding carboxylic acids is 1. The van der Waals surface area contributed by atoms with Crippen molar-refractivity contribution < 1.29 is 9.53 Å². The van der Waals surface area contributed by atoms with E-state index in [1.54, 1.807) is 13.4 Å². The molecule has 0 aliphatic carbocycles. The van der Waals surface area contributed by atoms with E-state index in [4.69, 9.17) is 4.74 Å². The minimum absolute atomic E-state index is 0.0169. The van der Waals surface area contributed by atoms with Crippen LogP contribution in [0.1, 0.15) is 51.1 Å². The summed E-state index contributed by atoms with van der Waals surface area (Å²) in [5.41, 5.74) is 1.08. The van der Waals surface area contributed by atoms with Crippen molar-refractivity contribution in [2.45, 2.75) is 45.6 Å². The Kier molecular flexibility index (Phi) is 7.88. The van der Waals surface area contributed by atoms with Gasteiger partial charge in [0.1, 0.15) is 23.7 Å². The highest BCUT2D eigenvalue weighted by molar-refractivity contribution is 5.76. The zero-order valence-electron chi connectivity index (χ0n) is 18.2. The van der Waals surface area contributed by atoms with Crippen molar-refractivity contribution in [3.8, 4) is 5.75 Å². The average Bonchev–Trinajstić information content (AvgIpc) is 2.78. The van der Waals surface area contributed by atoms with E-state index in [0.29, 0.717) is 12.3 Å². The summed E-state index contributed by atoms with van der Waals surface area (Å²) < 4.78 is 5.19. The Bertz CT molecular complexity index is 811. The van der Waals surface area contributed by atoms with Crippen molar-refractivity contribution >= 4 is 17.5 Å². The molecule has 7 heteroatoms. The third-order valence-corrected chi connectivity index (χ3v) is 5.63. The summed E-state index contributed by atoms with van der Waals surface area (Å²) in [4.78, 5) is 23.5. The van der Waals surface area contributed by atoms with Gasteiger partial charge in [-0.2, -0.15) is 0 Å². The third-order valence-electron chi connectivity index (χ3n) is 5.63. The molecule has 2 N–H and O–H groups in total. The first kappa shape index (κ1) is 21.9. The lowest BCUT2D eigenvalue weighted by Gasteiger charge is -2.33. The van der Waals surface area contributed by atoms with Crippen LogP contribution in [0, 0.1) is 5.92 Å². The lowest BCUT2D eigenvalue weighted by atomic mass is 9.93. The molecular weight excluding hydrogens is 378 g/mol. The molecule has 1 aromatic carbocycles. The van der Waals surface area contributed by atoms with Crippen molar-refractivity contribution in [2.24, 2.45) is 5.92 Å². The highest BCUT2D eigenvalue weighted by Gasteiger charge is 2.22. The molecule has 7 nitrogen and oxygen atoms in total. The number of ether oxygens (including phenoxy) is 1. The second-order valence-corrected chi connectivity index (χ2v) is 7.85. The highest BCUT2D eigenvalue weighted by atomic mass is 16.5. The summed E-state index contributed by atoms with van der Waals surface area (Å²) in [6.07, 6.45) is 5.33. The van der Waals surface area contributed by atoms with Gasteiger partial charge in [0.25, 0.3) is 0 Å². The lowest BCUT2D eigenvalue weighted by Crippen LogP contribution is -2.36. The number of piperidine rings is 1. The largest absolute Gasteiger partial charge is 0.497 e. The van der Waals surface area contributed by atoms with Gasteiger partial charge in [-0.1, -0.05) is 12.1 Å². The number of nitrogens with one attached hydrogen (secondary N) is 2. The monoisotopic (exact) mass is 411 g/mol. The standard InChI is InChI=1S/C23H33N5O2/c1-4-24-21-14-22(26-16-25-21)28-13-5-6-18(15-28)7-12-23(29)27-17(2)19-8-10-20(30-3)11-9-19/h8-11,14,16-18H,4-7,12-13,15H2,1-3H3,(H,27,29)(H,24,25,26)/t17-,18+/m1/s1. The van der Waals surface area contributed by atoms with Crippen LogP contribution in [-0.2, 0) is 4.79 Å². The van der Waals surface area contributed by atoms with E-state index in [1.807, 2.05) is 37.3 Å². The maximum Gasteiger partial charge on any atom is 0.220 e. The zero-order valence-corrected chi connectivity index (χ0v) is 18.2. The van der Waals surface area contributed by atoms with E-state index in [2.05, 4.69) is 32.4 Å². The van der Waals surface area contributed by atoms with Crippen LogP contribution in [0.15, 0.2) is 36.7 Å². The average molecular weight is 412 g/mol. The fraction of sp³-hybridized carbons (Fsp3) is 0.522. The number of aromatic nitrogens is 2. The number of benzene rings is 1. The van der Waals surface area contributed by atoms with Gasteiger partial charge in [0.2, 0.25) is 5.91 Å². The molecule has 0 bridgehead atoms. The number of hydrogen-bond donors (Lipinski definition) is 2. The van der Waals surface area contributed by atoms with E-state index in [-0.39, 0.29) is 11.9 Å². The fourth-order valence-electron chi connectivity index (χ4n) is 3.93. The van der Waals surface area contributed by atoms with Crippen LogP contribution in [-0.4, -0.2) is 42.6 Å². The molecular formula is C23H33N5O2. The van der Waals surface area contributed by atoms with Crippen molar-refractivity contribution in [2.75, 3.05) is 37.0 Å². The second-order valence-electron chi connectivity index (χ2n) is 7.85. The molecule has 1 amide bonds. The van der Waals surface area contributed by atoms with Gasteiger partial charge in [0.15, 0.2) is 0 Å². The van der Waals surface area contributed by atoms with E-state index in [0.717, 1.165) is 61.8 Å². The van der Waals surface area contributed by atoms with E-state index in [1.165, 1.54) is 0 Å². The Morgan fingerprint density at radius 2 is 2.10 bits per heavy atom. The number of nitrogens with zero attached hydrogens (tertiary/aromatic N) is 3. The van der Waals surface area contributed by atoms with Crippen LogP contribution in [0.5, 0.6) is 5.75 Å². The van der Waals surface area contributed by atoms with E-state index >= 15 is 0 Å². The zero-order chi connectivity index (χ0) is 21.3. The van der Waals surface area contributed by atoms with Gasteiger partial charge in [0, 0.05) is 32.1 Å². The summed E-state index contributed by atoms with van der Waals surface area (Å²) in [5.74, 6) is 3.24. The molecule has 162 valence electrons. The Morgan fingerprint density at radius 3 is 2.83 bits per heavy atom. The Balaban J connectivity index is 1.47. The first-order valence-corrected chi connectivity index (χ1v) is 10.8. The number of rotatable bonds is 9. The molecule has 0 radical (unpaired) electrons. The van der Waals surface area contributed by atoms with Crippen LogP contribution in [0.3, 0.4) is 0 Å². The maximum absolute atomic E-state index is 12.5. The van der Waals surface area contributed by atoms with Crippen molar-refractivity contribution in [1.82, 2.24) is 15.3 Å².